The Balaban J connectivity index is 2.13. The van der Waals surface area contributed by atoms with Crippen LogP contribution in [-0.4, -0.2) is 16.0 Å². The number of H-pyrrole nitrogens is 1. The van der Waals surface area contributed by atoms with Gasteiger partial charge in [-0.2, -0.15) is 0 Å². The molecule has 0 fully saturated rings. The van der Waals surface area contributed by atoms with Gasteiger partial charge in [-0.15, -0.1) is 0 Å². The first-order valence-electron chi connectivity index (χ1n) is 8.42. The van der Waals surface area contributed by atoms with Crippen LogP contribution in [-0.2, 0) is 18.3 Å². The van der Waals surface area contributed by atoms with E-state index in [0.717, 1.165) is 27.7 Å². The number of amides is 1. The summed E-state index contributed by atoms with van der Waals surface area (Å²) in [5.74, 6) is 0. The lowest BCUT2D eigenvalue weighted by molar-refractivity contribution is -0.108. The Labute approximate surface area is 151 Å². The highest BCUT2D eigenvalue weighted by molar-refractivity contribution is 5.95. The van der Waals surface area contributed by atoms with Crippen LogP contribution >= 0.6 is 0 Å². The van der Waals surface area contributed by atoms with Crippen LogP contribution in [0.3, 0.4) is 0 Å². The van der Waals surface area contributed by atoms with E-state index in [-0.39, 0.29) is 5.56 Å². The number of carbonyl (C=O) groups is 1. The van der Waals surface area contributed by atoms with Gasteiger partial charge in [0, 0.05) is 36.6 Å². The third-order valence-corrected chi connectivity index (χ3v) is 4.38. The molecule has 5 heteroatoms. The number of aromatic amines is 1. The summed E-state index contributed by atoms with van der Waals surface area (Å²) in [5, 5.41) is 3.53. The van der Waals surface area contributed by atoms with Gasteiger partial charge in [0.2, 0.25) is 6.41 Å². The van der Waals surface area contributed by atoms with Crippen LogP contribution in [0.2, 0.25) is 0 Å². The SMILES string of the molecule is C/C=C(\C(=C/NC=O)Cc1ccccc1)c1cn(C)c(=O)c2[nH]ccc12. The van der Waals surface area contributed by atoms with Gasteiger partial charge in [-0.25, -0.2) is 0 Å². The highest BCUT2D eigenvalue weighted by Gasteiger charge is 2.15. The number of benzene rings is 1. The lowest BCUT2D eigenvalue weighted by atomic mass is 9.92. The monoisotopic (exact) mass is 347 g/mol. The number of hydrogen-bond acceptors (Lipinski definition) is 2. The van der Waals surface area contributed by atoms with Crippen molar-refractivity contribution in [3.8, 4) is 0 Å². The smallest absolute Gasteiger partial charge is 0.274 e. The van der Waals surface area contributed by atoms with E-state index < -0.39 is 0 Å². The molecule has 0 bridgehead atoms. The lowest BCUT2D eigenvalue weighted by Crippen LogP contribution is -2.17. The number of aryl methyl sites for hydroxylation is 1. The number of fused-ring (bicyclic) bond motifs is 1. The zero-order valence-corrected chi connectivity index (χ0v) is 14.8. The Hall–Kier alpha value is -3.34. The van der Waals surface area contributed by atoms with Crippen LogP contribution in [0.15, 0.2) is 71.4 Å². The van der Waals surface area contributed by atoms with Crippen molar-refractivity contribution in [3.63, 3.8) is 0 Å². The highest BCUT2D eigenvalue weighted by atomic mass is 16.1. The Morgan fingerprint density at radius 3 is 2.69 bits per heavy atom. The van der Waals surface area contributed by atoms with E-state index in [9.17, 15) is 9.59 Å². The summed E-state index contributed by atoms with van der Waals surface area (Å²) in [6, 6.07) is 12.0. The Kier molecular flexibility index (Phi) is 5.17. The second-order valence-electron chi connectivity index (χ2n) is 6.04. The van der Waals surface area contributed by atoms with Gasteiger partial charge >= 0.3 is 0 Å². The van der Waals surface area contributed by atoms with Crippen molar-refractivity contribution in [3.05, 3.63) is 88.1 Å². The third-order valence-electron chi connectivity index (χ3n) is 4.38. The van der Waals surface area contributed by atoms with Crippen LogP contribution in [0.5, 0.6) is 0 Å². The Bertz CT molecular complexity index is 1040. The molecule has 1 amide bonds. The van der Waals surface area contributed by atoms with Gasteiger partial charge in [-0.3, -0.25) is 9.59 Å². The second-order valence-corrected chi connectivity index (χ2v) is 6.04. The molecule has 0 unspecified atom stereocenters. The maximum atomic E-state index is 12.3. The standard InChI is InChI=1S/C21H21N3O2/c1-3-17(16(12-22-14-25)11-15-7-5-4-6-8-15)19-13-24(2)21(26)20-18(19)9-10-23-20/h3-10,12-14,23H,11H2,1-2H3,(H,22,25)/b16-12-,17-3+. The first kappa shape index (κ1) is 17.5. The number of carbonyl (C=O) groups excluding carboxylic acids is 1. The highest BCUT2D eigenvalue weighted by Crippen LogP contribution is 2.30. The molecule has 0 aliphatic rings. The molecule has 0 saturated heterocycles. The van der Waals surface area contributed by atoms with E-state index in [1.165, 1.54) is 0 Å². The Morgan fingerprint density at radius 2 is 2.00 bits per heavy atom. The van der Waals surface area contributed by atoms with E-state index >= 15 is 0 Å². The summed E-state index contributed by atoms with van der Waals surface area (Å²) >= 11 is 0. The van der Waals surface area contributed by atoms with Crippen LogP contribution in [0.1, 0.15) is 18.1 Å². The van der Waals surface area contributed by atoms with E-state index in [0.29, 0.717) is 18.3 Å². The van der Waals surface area contributed by atoms with Crippen molar-refractivity contribution in [1.29, 1.82) is 0 Å². The fourth-order valence-electron chi connectivity index (χ4n) is 3.17. The van der Waals surface area contributed by atoms with Gasteiger partial charge in [0.1, 0.15) is 5.52 Å². The fourth-order valence-corrected chi connectivity index (χ4v) is 3.17. The summed E-state index contributed by atoms with van der Waals surface area (Å²) in [4.78, 5) is 26.2. The lowest BCUT2D eigenvalue weighted by Gasteiger charge is -2.15. The molecule has 5 nitrogen and oxygen atoms in total. The molecule has 0 spiro atoms. The Morgan fingerprint density at radius 1 is 1.23 bits per heavy atom. The van der Waals surface area contributed by atoms with Crippen LogP contribution in [0.25, 0.3) is 16.5 Å². The molecule has 2 heterocycles. The number of hydrogen-bond donors (Lipinski definition) is 2. The van der Waals surface area contributed by atoms with Gasteiger partial charge in [-0.1, -0.05) is 36.4 Å². The van der Waals surface area contributed by atoms with Gasteiger partial charge in [-0.05, 0) is 36.1 Å². The first-order valence-corrected chi connectivity index (χ1v) is 8.42. The van der Waals surface area contributed by atoms with Gasteiger partial charge < -0.3 is 14.9 Å². The van der Waals surface area contributed by atoms with Crippen molar-refractivity contribution in [2.24, 2.45) is 7.05 Å². The number of nitrogens with one attached hydrogen (secondary N) is 2. The van der Waals surface area contributed by atoms with Crippen molar-refractivity contribution >= 4 is 22.9 Å². The van der Waals surface area contributed by atoms with Gasteiger partial charge in [0.25, 0.3) is 5.56 Å². The molecule has 0 radical (unpaired) electrons. The van der Waals surface area contributed by atoms with Crippen LogP contribution in [0.4, 0.5) is 0 Å². The number of aromatic nitrogens is 2. The molecule has 2 N–H and O–H groups in total. The number of rotatable bonds is 6. The van der Waals surface area contributed by atoms with Crippen molar-refractivity contribution in [2.75, 3.05) is 0 Å². The molecule has 132 valence electrons. The summed E-state index contributed by atoms with van der Waals surface area (Å²) in [7, 11) is 1.74. The molecule has 26 heavy (non-hydrogen) atoms. The van der Waals surface area contributed by atoms with Crippen molar-refractivity contribution in [2.45, 2.75) is 13.3 Å². The molecule has 3 aromatic rings. The minimum atomic E-state index is -0.0659. The molecule has 0 aliphatic carbocycles. The van der Waals surface area contributed by atoms with Crippen LogP contribution in [0, 0.1) is 0 Å². The largest absolute Gasteiger partial charge is 0.357 e. The second kappa shape index (κ2) is 7.70. The normalized spacial score (nSPS) is 12.4. The van der Waals surface area contributed by atoms with Crippen molar-refractivity contribution in [1.82, 2.24) is 14.9 Å². The predicted molar refractivity (Wildman–Crippen MR) is 105 cm³/mol. The quantitative estimate of drug-likeness (QED) is 0.531. The molecule has 0 saturated carbocycles. The first-order chi connectivity index (χ1) is 12.7. The minimum absolute atomic E-state index is 0.0659. The summed E-state index contributed by atoms with van der Waals surface area (Å²) in [6.07, 6.45) is 8.66. The van der Waals surface area contributed by atoms with Crippen molar-refractivity contribution < 1.29 is 4.79 Å². The molecule has 0 aliphatic heterocycles. The number of pyridine rings is 1. The minimum Gasteiger partial charge on any atom is -0.357 e. The topological polar surface area (TPSA) is 66.9 Å². The third kappa shape index (κ3) is 3.37. The summed E-state index contributed by atoms with van der Waals surface area (Å²) < 4.78 is 1.57. The summed E-state index contributed by atoms with van der Waals surface area (Å²) in [5.41, 5.74) is 4.53. The van der Waals surface area contributed by atoms with Gasteiger partial charge in [0.15, 0.2) is 0 Å². The van der Waals surface area contributed by atoms with E-state index in [4.69, 9.17) is 0 Å². The van der Waals surface area contributed by atoms with E-state index in [2.05, 4.69) is 22.4 Å². The van der Waals surface area contributed by atoms with E-state index in [1.54, 1.807) is 24.0 Å². The number of allylic oxidation sites excluding steroid dienone is 3. The average Bonchev–Trinajstić information content (AvgIpc) is 3.15. The molecular weight excluding hydrogens is 326 g/mol. The average molecular weight is 347 g/mol. The van der Waals surface area contributed by atoms with Crippen LogP contribution < -0.4 is 10.9 Å². The number of nitrogens with zero attached hydrogens (tertiary/aromatic N) is 1. The summed E-state index contributed by atoms with van der Waals surface area (Å²) in [6.45, 7) is 1.96. The zero-order chi connectivity index (χ0) is 18.5. The maximum absolute atomic E-state index is 12.3. The maximum Gasteiger partial charge on any atom is 0.274 e. The molecule has 2 aromatic heterocycles. The molecule has 0 atom stereocenters. The fraction of sp³-hybridized carbons (Fsp3) is 0.143. The predicted octanol–water partition coefficient (Wildman–Crippen LogP) is 3.14. The molecule has 1 aromatic carbocycles. The molecular formula is C21H21N3O2. The zero-order valence-electron chi connectivity index (χ0n) is 14.8. The van der Waals surface area contributed by atoms with Gasteiger partial charge in [0.05, 0.1) is 0 Å². The molecule has 3 rings (SSSR count). The van der Waals surface area contributed by atoms with E-state index in [1.807, 2.05) is 43.5 Å².